The molecule has 1 aromatic rings. The van der Waals surface area contributed by atoms with Crippen molar-refractivity contribution in [2.45, 2.75) is 0 Å². The van der Waals surface area contributed by atoms with Crippen LogP contribution in [0.5, 0.6) is 0 Å². The SMILES string of the molecule is O=C(O)c1ccc(C(=O)O)cc1.[Co+2].[Co+2].[Co+2].[Co+2].[O-2]. The summed E-state index contributed by atoms with van der Waals surface area (Å²) in [6, 6.07) is 5.02. The van der Waals surface area contributed by atoms with Crippen LogP contribution in [-0.4, -0.2) is 22.2 Å². The molecule has 0 saturated heterocycles. The van der Waals surface area contributed by atoms with E-state index < -0.39 is 11.9 Å². The molecule has 1 aromatic carbocycles. The third kappa shape index (κ3) is 9.81. The van der Waals surface area contributed by atoms with Gasteiger partial charge in [0.15, 0.2) is 0 Å². The van der Waals surface area contributed by atoms with Crippen LogP contribution in [0.3, 0.4) is 0 Å². The maximum absolute atomic E-state index is 10.3. The minimum Gasteiger partial charge on any atom is -2.00 e. The standard InChI is InChI=1S/C8H6O4.4Co.O/c9-7(10)5-1-2-6(4-3-5)8(11)12;;;;;/h1-4H,(H,9,10)(H,11,12);;;;;/q;4*+2;-2. The third-order valence-corrected chi connectivity index (χ3v) is 1.38. The van der Waals surface area contributed by atoms with Crippen molar-refractivity contribution in [2.75, 3.05) is 0 Å². The first-order valence-corrected chi connectivity index (χ1v) is 3.18. The van der Waals surface area contributed by atoms with Crippen molar-refractivity contribution in [3.05, 3.63) is 35.4 Å². The zero-order valence-electron chi connectivity index (χ0n) is 7.76. The molecule has 17 heavy (non-hydrogen) atoms. The molecule has 0 spiro atoms. The first-order valence-electron chi connectivity index (χ1n) is 3.18. The summed E-state index contributed by atoms with van der Waals surface area (Å²) in [5.74, 6) is -2.13. The van der Waals surface area contributed by atoms with Crippen LogP contribution < -0.4 is 0 Å². The van der Waals surface area contributed by atoms with Gasteiger partial charge in [-0.1, -0.05) is 0 Å². The van der Waals surface area contributed by atoms with Gasteiger partial charge in [-0.05, 0) is 24.3 Å². The smallest absolute Gasteiger partial charge is 2.00 e. The number of rotatable bonds is 2. The van der Waals surface area contributed by atoms with E-state index in [0.717, 1.165) is 0 Å². The minimum absolute atomic E-state index is 0. The van der Waals surface area contributed by atoms with Crippen molar-refractivity contribution >= 4 is 11.9 Å². The summed E-state index contributed by atoms with van der Waals surface area (Å²) in [7, 11) is 0. The summed E-state index contributed by atoms with van der Waals surface area (Å²) in [4.78, 5) is 20.7. The molecular formula is C8H6Co4O5+6. The molecule has 0 aliphatic carbocycles. The topological polar surface area (TPSA) is 103 Å². The second-order valence-corrected chi connectivity index (χ2v) is 2.19. The second kappa shape index (κ2) is 14.2. The number of hydrogen-bond donors (Lipinski definition) is 2. The fourth-order valence-corrected chi connectivity index (χ4v) is 0.755. The first kappa shape index (κ1) is 30.3. The number of benzene rings is 1. The Bertz CT molecular complexity index is 294. The predicted molar refractivity (Wildman–Crippen MR) is 41.0 cm³/mol. The van der Waals surface area contributed by atoms with Crippen LogP contribution in [-0.2, 0) is 72.6 Å². The minimum atomic E-state index is -1.06. The Morgan fingerprint density at radius 3 is 1.00 bits per heavy atom. The summed E-state index contributed by atoms with van der Waals surface area (Å²) in [6.45, 7) is 0. The molecule has 0 aromatic heterocycles. The van der Waals surface area contributed by atoms with E-state index in [2.05, 4.69) is 0 Å². The Kier molecular flexibility index (Phi) is 25.3. The summed E-state index contributed by atoms with van der Waals surface area (Å²) in [5, 5.41) is 16.9. The van der Waals surface area contributed by atoms with Crippen molar-refractivity contribution in [2.24, 2.45) is 0 Å². The molecule has 2 N–H and O–H groups in total. The maximum Gasteiger partial charge on any atom is 2.00 e. The summed E-state index contributed by atoms with van der Waals surface area (Å²) >= 11 is 0. The van der Waals surface area contributed by atoms with Crippen LogP contribution in [0.15, 0.2) is 24.3 Å². The molecule has 0 bridgehead atoms. The van der Waals surface area contributed by atoms with Crippen molar-refractivity contribution < 1.29 is 92.4 Å². The molecule has 98 valence electrons. The molecule has 1 rings (SSSR count). The fourth-order valence-electron chi connectivity index (χ4n) is 0.755. The van der Waals surface area contributed by atoms with Gasteiger partial charge in [0, 0.05) is 0 Å². The molecule has 0 amide bonds. The quantitative estimate of drug-likeness (QED) is 0.747. The Balaban J connectivity index is -0.0000000960. The Hall–Kier alpha value is 0.146. The van der Waals surface area contributed by atoms with Crippen LogP contribution in [0.1, 0.15) is 20.7 Å². The van der Waals surface area contributed by atoms with Crippen molar-refractivity contribution in [3.8, 4) is 0 Å². The average Bonchev–Trinajstić information content (AvgIpc) is 2.04. The van der Waals surface area contributed by atoms with Gasteiger partial charge in [0.1, 0.15) is 0 Å². The van der Waals surface area contributed by atoms with Crippen LogP contribution in [0.25, 0.3) is 0 Å². The fraction of sp³-hybridized carbons (Fsp3) is 0. The van der Waals surface area contributed by atoms with Crippen LogP contribution in [0.4, 0.5) is 0 Å². The van der Waals surface area contributed by atoms with Crippen molar-refractivity contribution in [3.63, 3.8) is 0 Å². The monoisotopic (exact) mass is 418 g/mol. The summed E-state index contributed by atoms with van der Waals surface area (Å²) in [5.41, 5.74) is 0.167. The van der Waals surface area contributed by atoms with E-state index >= 15 is 0 Å². The van der Waals surface area contributed by atoms with Crippen molar-refractivity contribution in [1.29, 1.82) is 0 Å². The molecule has 0 atom stereocenters. The number of hydrogen-bond acceptors (Lipinski definition) is 2. The van der Waals surface area contributed by atoms with Gasteiger partial charge in [-0.15, -0.1) is 0 Å². The van der Waals surface area contributed by atoms with Gasteiger partial charge in [-0.25, -0.2) is 9.59 Å². The van der Waals surface area contributed by atoms with Gasteiger partial charge in [0.05, 0.1) is 11.1 Å². The second-order valence-electron chi connectivity index (χ2n) is 2.19. The summed E-state index contributed by atoms with van der Waals surface area (Å²) < 4.78 is 0. The normalized spacial score (nSPS) is 6.59. The van der Waals surface area contributed by atoms with E-state index in [1.54, 1.807) is 0 Å². The average molecular weight is 418 g/mol. The number of carboxylic acid groups (broad SMARTS) is 2. The molecule has 0 aliphatic heterocycles. The van der Waals surface area contributed by atoms with Gasteiger partial charge < -0.3 is 15.7 Å². The maximum atomic E-state index is 10.3. The van der Waals surface area contributed by atoms with Gasteiger partial charge in [-0.3, -0.25) is 0 Å². The van der Waals surface area contributed by atoms with Gasteiger partial charge >= 0.3 is 79.1 Å². The van der Waals surface area contributed by atoms with E-state index in [0.29, 0.717) is 0 Å². The predicted octanol–water partition coefficient (Wildman–Crippen LogP) is 0.954. The van der Waals surface area contributed by atoms with Gasteiger partial charge in [0.25, 0.3) is 0 Å². The third-order valence-electron chi connectivity index (χ3n) is 1.38. The van der Waals surface area contributed by atoms with E-state index in [1.165, 1.54) is 24.3 Å². The van der Waals surface area contributed by atoms with E-state index in [-0.39, 0.29) is 83.7 Å². The van der Waals surface area contributed by atoms with Crippen LogP contribution in [0, 0.1) is 0 Å². The molecule has 0 saturated carbocycles. The molecule has 9 heteroatoms. The molecular weight excluding hydrogens is 412 g/mol. The van der Waals surface area contributed by atoms with E-state index in [1.807, 2.05) is 0 Å². The zero-order chi connectivity index (χ0) is 9.14. The van der Waals surface area contributed by atoms with Gasteiger partial charge in [-0.2, -0.15) is 0 Å². The molecule has 0 heterocycles. The molecule has 0 fully saturated rings. The van der Waals surface area contributed by atoms with E-state index in [4.69, 9.17) is 10.2 Å². The Labute approximate surface area is 139 Å². The van der Waals surface area contributed by atoms with Crippen molar-refractivity contribution in [1.82, 2.24) is 0 Å². The Morgan fingerprint density at radius 1 is 0.706 bits per heavy atom. The molecule has 0 unspecified atom stereocenters. The number of carbonyl (C=O) groups is 2. The molecule has 5 nitrogen and oxygen atoms in total. The Morgan fingerprint density at radius 2 is 0.882 bits per heavy atom. The van der Waals surface area contributed by atoms with E-state index in [9.17, 15) is 9.59 Å². The van der Waals surface area contributed by atoms with Crippen LogP contribution >= 0.6 is 0 Å². The molecule has 0 aliphatic rings. The number of aromatic carboxylic acids is 2. The summed E-state index contributed by atoms with van der Waals surface area (Å²) in [6.07, 6.45) is 0. The number of carboxylic acids is 2. The largest absolute Gasteiger partial charge is 2.00 e. The molecule has 4 radical (unpaired) electrons. The van der Waals surface area contributed by atoms with Crippen LogP contribution in [0.2, 0.25) is 0 Å². The first-order chi connectivity index (χ1) is 5.61. The zero-order valence-corrected chi connectivity index (χ0v) is 11.9. The van der Waals surface area contributed by atoms with Gasteiger partial charge in [0.2, 0.25) is 0 Å².